The van der Waals surface area contributed by atoms with E-state index in [0.717, 1.165) is 0 Å². The zero-order valence-corrected chi connectivity index (χ0v) is 14.4. The van der Waals surface area contributed by atoms with Crippen molar-refractivity contribution in [1.82, 2.24) is 0 Å². The molecule has 0 spiro atoms. The second-order valence-corrected chi connectivity index (χ2v) is 7.78. The Kier molecular flexibility index (Phi) is 4.11. The number of carboxylic acids is 1. The normalized spacial score (nSPS) is 16.2. The van der Waals surface area contributed by atoms with Crippen molar-refractivity contribution in [2.24, 2.45) is 0 Å². The first kappa shape index (κ1) is 16.9. The predicted molar refractivity (Wildman–Crippen MR) is 85.8 cm³/mol. The molecule has 0 bridgehead atoms. The molecule has 9 heteroatoms. The number of halogens is 2. The summed E-state index contributed by atoms with van der Waals surface area (Å²) in [5.41, 5.74) is 0.361. The molecule has 1 unspecified atom stereocenters. The van der Waals surface area contributed by atoms with E-state index in [1.54, 1.807) is 6.92 Å². The third-order valence-corrected chi connectivity index (χ3v) is 6.00. The van der Waals surface area contributed by atoms with Crippen LogP contribution in [0.5, 0.6) is 11.5 Å². The van der Waals surface area contributed by atoms with Gasteiger partial charge in [0.15, 0.2) is 11.5 Å². The van der Waals surface area contributed by atoms with Crippen molar-refractivity contribution in [2.75, 3.05) is 0 Å². The first-order valence-corrected chi connectivity index (χ1v) is 8.85. The average Bonchev–Trinajstić information content (AvgIpc) is 2.91. The van der Waals surface area contributed by atoms with E-state index in [1.807, 2.05) is 0 Å². The number of carboxylic acid groups (broad SMARTS) is 1. The highest BCUT2D eigenvalue weighted by molar-refractivity contribution is 7.91. The summed E-state index contributed by atoms with van der Waals surface area (Å²) in [5.74, 6) is -1.12. The number of ether oxygens (including phenoxy) is 2. The summed E-state index contributed by atoms with van der Waals surface area (Å²) >= 11 is 11.9. The summed E-state index contributed by atoms with van der Waals surface area (Å²) < 4.78 is 36.0. The van der Waals surface area contributed by atoms with E-state index in [0.29, 0.717) is 5.56 Å². The molecule has 2 aromatic carbocycles. The van der Waals surface area contributed by atoms with E-state index in [-0.39, 0.29) is 31.3 Å². The summed E-state index contributed by atoms with van der Waals surface area (Å²) in [5, 5.41) is 9.18. The Morgan fingerprint density at radius 2 is 1.71 bits per heavy atom. The van der Waals surface area contributed by atoms with Crippen LogP contribution < -0.4 is 9.47 Å². The molecule has 3 rings (SSSR count). The summed E-state index contributed by atoms with van der Waals surface area (Å²) in [6.07, 6.45) is -1.51. The smallest absolute Gasteiger partial charge is 0.387 e. The number of rotatable bonds is 3. The van der Waals surface area contributed by atoms with Gasteiger partial charge in [-0.2, -0.15) is 0 Å². The topological polar surface area (TPSA) is 89.9 Å². The van der Waals surface area contributed by atoms with Crippen LogP contribution in [0, 0.1) is 6.92 Å². The number of sulfone groups is 1. The number of hydrogen-bond acceptors (Lipinski definition) is 5. The molecular formula is C15H10Cl2O6S. The lowest BCUT2D eigenvalue weighted by Crippen LogP contribution is -2.28. The Labute approximate surface area is 147 Å². The van der Waals surface area contributed by atoms with Crippen molar-refractivity contribution in [3.05, 3.63) is 45.9 Å². The lowest BCUT2D eigenvalue weighted by atomic mass is 10.2. The van der Waals surface area contributed by atoms with Gasteiger partial charge in [-0.05, 0) is 36.8 Å². The quantitative estimate of drug-likeness (QED) is 0.866. The molecule has 24 heavy (non-hydrogen) atoms. The van der Waals surface area contributed by atoms with Gasteiger partial charge in [0, 0.05) is 11.1 Å². The van der Waals surface area contributed by atoms with Crippen molar-refractivity contribution in [3.63, 3.8) is 0 Å². The molecule has 0 aromatic heterocycles. The minimum atomic E-state index is -3.98. The van der Waals surface area contributed by atoms with Gasteiger partial charge in [0.1, 0.15) is 0 Å². The first-order valence-electron chi connectivity index (χ1n) is 6.61. The molecule has 0 saturated heterocycles. The highest BCUT2D eigenvalue weighted by Crippen LogP contribution is 2.41. The van der Waals surface area contributed by atoms with Gasteiger partial charge < -0.3 is 14.6 Å². The molecule has 1 aliphatic heterocycles. The average molecular weight is 389 g/mol. The van der Waals surface area contributed by atoms with Crippen LogP contribution in [-0.4, -0.2) is 25.8 Å². The molecule has 0 aliphatic carbocycles. The third kappa shape index (κ3) is 2.79. The zero-order valence-electron chi connectivity index (χ0n) is 12.1. The van der Waals surface area contributed by atoms with Gasteiger partial charge >= 0.3 is 12.3 Å². The number of aliphatic carboxylic acids is 1. The molecule has 0 radical (unpaired) electrons. The fraction of sp³-hybridized carbons (Fsp3) is 0.133. The molecule has 126 valence electrons. The molecule has 0 fully saturated rings. The molecule has 6 nitrogen and oxygen atoms in total. The maximum Gasteiger partial charge on any atom is 0.387 e. The Balaban J connectivity index is 2.12. The highest BCUT2D eigenvalue weighted by atomic mass is 35.5. The van der Waals surface area contributed by atoms with Crippen LogP contribution in [0.4, 0.5) is 0 Å². The first-order chi connectivity index (χ1) is 11.2. The van der Waals surface area contributed by atoms with E-state index in [2.05, 4.69) is 0 Å². The second kappa shape index (κ2) is 5.84. The number of aryl methyl sites for hydroxylation is 1. The fourth-order valence-electron chi connectivity index (χ4n) is 2.27. The molecule has 1 aliphatic rings. The standard InChI is InChI=1S/C15H10Cl2O6S/c1-7-4-10-11(23-15(22-10)14(18)19)6-12(7)24(20,21)13-5-8(16)2-3-9(13)17/h2-6,15H,1H3,(H,18,19). The highest BCUT2D eigenvalue weighted by Gasteiger charge is 2.33. The van der Waals surface area contributed by atoms with Crippen LogP contribution in [0.3, 0.4) is 0 Å². The summed E-state index contributed by atoms with van der Waals surface area (Å²) in [6, 6.07) is 6.75. The van der Waals surface area contributed by atoms with Gasteiger partial charge in [0.05, 0.1) is 14.8 Å². The van der Waals surface area contributed by atoms with E-state index >= 15 is 0 Å². The molecule has 0 amide bonds. The van der Waals surface area contributed by atoms with Gasteiger partial charge in [-0.3, -0.25) is 0 Å². The molecule has 1 heterocycles. The zero-order chi connectivity index (χ0) is 17.6. The number of carbonyl (C=O) groups is 1. The lowest BCUT2D eigenvalue weighted by molar-refractivity contribution is -0.154. The SMILES string of the molecule is Cc1cc2c(cc1S(=O)(=O)c1cc(Cl)ccc1Cl)OC(C(=O)O)O2. The Bertz CT molecular complexity index is 955. The minimum absolute atomic E-state index is 0.0277. The number of hydrogen-bond donors (Lipinski definition) is 1. The van der Waals surface area contributed by atoms with Crippen molar-refractivity contribution >= 4 is 39.0 Å². The largest absolute Gasteiger partial charge is 0.476 e. The maximum atomic E-state index is 12.9. The Morgan fingerprint density at radius 3 is 2.33 bits per heavy atom. The van der Waals surface area contributed by atoms with E-state index < -0.39 is 22.1 Å². The van der Waals surface area contributed by atoms with Crippen LogP contribution in [-0.2, 0) is 14.6 Å². The maximum absolute atomic E-state index is 12.9. The molecule has 1 N–H and O–H groups in total. The van der Waals surface area contributed by atoms with Crippen LogP contribution in [0.2, 0.25) is 10.0 Å². The number of fused-ring (bicyclic) bond motifs is 1. The van der Waals surface area contributed by atoms with Crippen molar-refractivity contribution < 1.29 is 27.8 Å². The number of benzene rings is 2. The van der Waals surface area contributed by atoms with Gasteiger partial charge in [-0.15, -0.1) is 0 Å². The minimum Gasteiger partial charge on any atom is -0.476 e. The van der Waals surface area contributed by atoms with Crippen molar-refractivity contribution in [2.45, 2.75) is 23.0 Å². The monoisotopic (exact) mass is 388 g/mol. The van der Waals surface area contributed by atoms with E-state index in [4.69, 9.17) is 37.8 Å². The summed E-state index contributed by atoms with van der Waals surface area (Å²) in [7, 11) is -3.98. The predicted octanol–water partition coefficient (Wildman–Crippen LogP) is 3.32. The van der Waals surface area contributed by atoms with Crippen molar-refractivity contribution in [1.29, 1.82) is 0 Å². The fourth-order valence-corrected chi connectivity index (χ4v) is 4.52. The van der Waals surface area contributed by atoms with Gasteiger partial charge in [-0.1, -0.05) is 23.2 Å². The van der Waals surface area contributed by atoms with E-state index in [9.17, 15) is 13.2 Å². The molecular weight excluding hydrogens is 379 g/mol. The van der Waals surface area contributed by atoms with Gasteiger partial charge in [0.2, 0.25) is 9.84 Å². The molecule has 0 saturated carbocycles. The van der Waals surface area contributed by atoms with Crippen LogP contribution >= 0.6 is 23.2 Å². The van der Waals surface area contributed by atoms with Crippen LogP contribution in [0.25, 0.3) is 0 Å². The van der Waals surface area contributed by atoms with Crippen LogP contribution in [0.15, 0.2) is 40.1 Å². The summed E-state index contributed by atoms with van der Waals surface area (Å²) in [6.45, 7) is 1.56. The van der Waals surface area contributed by atoms with Crippen LogP contribution in [0.1, 0.15) is 5.56 Å². The second-order valence-electron chi connectivity index (χ2n) is 5.05. The summed E-state index contributed by atoms with van der Waals surface area (Å²) in [4.78, 5) is 10.7. The Hall–Kier alpha value is -1.96. The van der Waals surface area contributed by atoms with Crippen molar-refractivity contribution in [3.8, 4) is 11.5 Å². The van der Waals surface area contributed by atoms with Gasteiger partial charge in [-0.25, -0.2) is 13.2 Å². The lowest BCUT2D eigenvalue weighted by Gasteiger charge is -2.10. The van der Waals surface area contributed by atoms with E-state index in [1.165, 1.54) is 30.3 Å². The Morgan fingerprint density at radius 1 is 1.08 bits per heavy atom. The third-order valence-electron chi connectivity index (χ3n) is 3.38. The van der Waals surface area contributed by atoms with Gasteiger partial charge in [0.25, 0.3) is 0 Å². The molecule has 2 aromatic rings. The molecule has 1 atom stereocenters.